The molecule has 0 spiro atoms. The number of aromatic nitrogens is 2. The molecule has 0 aromatic carbocycles. The Morgan fingerprint density at radius 1 is 1.50 bits per heavy atom. The highest BCUT2D eigenvalue weighted by atomic mass is 35.5. The molecule has 0 fully saturated rings. The lowest BCUT2D eigenvalue weighted by molar-refractivity contribution is 0.564. The lowest BCUT2D eigenvalue weighted by Gasteiger charge is -2.09. The average molecular weight is 265 g/mol. The summed E-state index contributed by atoms with van der Waals surface area (Å²) in [5.74, 6) is 0.363. The number of anilines is 1. The van der Waals surface area contributed by atoms with E-state index in [1.54, 1.807) is 0 Å². The van der Waals surface area contributed by atoms with Gasteiger partial charge >= 0.3 is 0 Å². The van der Waals surface area contributed by atoms with Gasteiger partial charge in [0.15, 0.2) is 0 Å². The largest absolute Gasteiger partial charge is 0.300 e. The summed E-state index contributed by atoms with van der Waals surface area (Å²) >= 11 is 5.52. The van der Waals surface area contributed by atoms with Crippen LogP contribution in [0.25, 0.3) is 0 Å². The number of nitrogens with one attached hydrogen (secondary N) is 2. The Bertz CT molecular complexity index is 449. The van der Waals surface area contributed by atoms with Crippen LogP contribution in [-0.4, -0.2) is 24.9 Å². The van der Waals surface area contributed by atoms with E-state index in [9.17, 15) is 8.42 Å². The van der Waals surface area contributed by atoms with Crippen molar-refractivity contribution in [3.05, 3.63) is 17.5 Å². The second-order valence-corrected chi connectivity index (χ2v) is 5.40. The predicted molar refractivity (Wildman–Crippen MR) is 62.4 cm³/mol. The number of nitrogens with zero attached hydrogens (tertiary/aromatic N) is 2. The first-order valence-electron chi connectivity index (χ1n) is 4.65. The average Bonchev–Trinajstić information content (AvgIpc) is 2.14. The Kier molecular flexibility index (Phi) is 4.45. The van der Waals surface area contributed by atoms with Crippen molar-refractivity contribution in [1.29, 1.82) is 0 Å². The molecule has 16 heavy (non-hydrogen) atoms. The van der Waals surface area contributed by atoms with Gasteiger partial charge in [-0.15, -0.1) is 0 Å². The van der Waals surface area contributed by atoms with Crippen LogP contribution in [0.15, 0.2) is 12.3 Å². The Labute approximate surface area is 99.6 Å². The van der Waals surface area contributed by atoms with E-state index in [0.717, 1.165) is 0 Å². The standard InChI is InChI=1S/C8H13ClN4O2S/c1-6(2)5-11-16(14,15)13-7-3-4-10-8(9)12-7/h3-4,6,11H,5H2,1-2H3,(H,10,12,13). The molecule has 0 radical (unpaired) electrons. The topological polar surface area (TPSA) is 84.0 Å². The maximum absolute atomic E-state index is 11.5. The van der Waals surface area contributed by atoms with Crippen LogP contribution < -0.4 is 9.44 Å². The van der Waals surface area contributed by atoms with E-state index >= 15 is 0 Å². The van der Waals surface area contributed by atoms with Crippen LogP contribution in [0.5, 0.6) is 0 Å². The number of hydrogen-bond donors (Lipinski definition) is 2. The van der Waals surface area contributed by atoms with Gasteiger partial charge in [0.05, 0.1) is 0 Å². The lowest BCUT2D eigenvalue weighted by atomic mass is 10.2. The summed E-state index contributed by atoms with van der Waals surface area (Å²) in [6, 6.07) is 1.42. The molecule has 0 aliphatic heterocycles. The summed E-state index contributed by atoms with van der Waals surface area (Å²) < 4.78 is 27.6. The number of halogens is 1. The van der Waals surface area contributed by atoms with Crippen molar-refractivity contribution in [2.75, 3.05) is 11.3 Å². The molecular weight excluding hydrogens is 252 g/mol. The molecule has 1 aromatic rings. The van der Waals surface area contributed by atoms with Crippen LogP contribution in [0, 0.1) is 5.92 Å². The van der Waals surface area contributed by atoms with Gasteiger partial charge in [-0.1, -0.05) is 13.8 Å². The smallest absolute Gasteiger partial charge is 0.254 e. The molecule has 0 saturated carbocycles. The van der Waals surface area contributed by atoms with Crippen LogP contribution >= 0.6 is 11.6 Å². The molecule has 0 aliphatic rings. The Morgan fingerprint density at radius 2 is 2.19 bits per heavy atom. The van der Waals surface area contributed by atoms with Crippen molar-refractivity contribution in [2.24, 2.45) is 5.92 Å². The summed E-state index contributed by atoms with van der Waals surface area (Å²) in [5, 5.41) is -0.0101. The fraction of sp³-hybridized carbons (Fsp3) is 0.500. The Balaban J connectivity index is 2.66. The Morgan fingerprint density at radius 3 is 2.75 bits per heavy atom. The van der Waals surface area contributed by atoms with Crippen LogP contribution in [0.1, 0.15) is 13.8 Å². The minimum Gasteiger partial charge on any atom is -0.254 e. The molecule has 0 aliphatic carbocycles. The second kappa shape index (κ2) is 5.42. The molecule has 0 amide bonds. The summed E-state index contributed by atoms with van der Waals surface area (Å²) in [7, 11) is -3.60. The van der Waals surface area contributed by atoms with E-state index < -0.39 is 10.2 Å². The van der Waals surface area contributed by atoms with E-state index in [1.807, 2.05) is 13.8 Å². The van der Waals surface area contributed by atoms with Crippen LogP contribution in [-0.2, 0) is 10.2 Å². The van der Waals surface area contributed by atoms with Crippen molar-refractivity contribution < 1.29 is 8.42 Å². The van der Waals surface area contributed by atoms with Gasteiger partial charge < -0.3 is 0 Å². The van der Waals surface area contributed by atoms with Gasteiger partial charge in [0, 0.05) is 12.7 Å². The maximum atomic E-state index is 11.5. The highest BCUT2D eigenvalue weighted by Crippen LogP contribution is 2.07. The second-order valence-electron chi connectivity index (χ2n) is 3.56. The highest BCUT2D eigenvalue weighted by Gasteiger charge is 2.10. The van der Waals surface area contributed by atoms with Crippen molar-refractivity contribution in [2.45, 2.75) is 13.8 Å². The molecule has 0 bridgehead atoms. The van der Waals surface area contributed by atoms with Gasteiger partial charge in [0.1, 0.15) is 5.82 Å². The first-order chi connectivity index (χ1) is 7.39. The van der Waals surface area contributed by atoms with Crippen LogP contribution in [0.4, 0.5) is 5.82 Å². The van der Waals surface area contributed by atoms with E-state index in [4.69, 9.17) is 11.6 Å². The van der Waals surface area contributed by atoms with Gasteiger partial charge in [-0.25, -0.2) is 4.98 Å². The molecule has 90 valence electrons. The van der Waals surface area contributed by atoms with E-state index in [2.05, 4.69) is 19.4 Å². The zero-order valence-electron chi connectivity index (χ0n) is 8.94. The van der Waals surface area contributed by atoms with Crippen LogP contribution in [0.3, 0.4) is 0 Å². The van der Waals surface area contributed by atoms with Crippen molar-refractivity contribution in [3.8, 4) is 0 Å². The zero-order valence-corrected chi connectivity index (χ0v) is 10.5. The third-order valence-electron chi connectivity index (χ3n) is 1.55. The summed E-state index contributed by atoms with van der Waals surface area (Å²) in [6.07, 6.45) is 1.37. The lowest BCUT2D eigenvalue weighted by Crippen LogP contribution is -2.33. The molecule has 2 N–H and O–H groups in total. The normalized spacial score (nSPS) is 11.8. The summed E-state index contributed by atoms with van der Waals surface area (Å²) in [6.45, 7) is 4.17. The summed E-state index contributed by atoms with van der Waals surface area (Å²) in [5.41, 5.74) is 0. The van der Waals surface area contributed by atoms with Gasteiger partial charge in [0.2, 0.25) is 5.28 Å². The number of hydrogen-bond acceptors (Lipinski definition) is 4. The first kappa shape index (κ1) is 13.1. The molecule has 0 atom stereocenters. The summed E-state index contributed by atoms with van der Waals surface area (Å²) in [4.78, 5) is 7.35. The maximum Gasteiger partial charge on any atom is 0.300 e. The van der Waals surface area contributed by atoms with Crippen molar-refractivity contribution >= 4 is 27.6 Å². The van der Waals surface area contributed by atoms with Gasteiger partial charge in [0.25, 0.3) is 10.2 Å². The predicted octanol–water partition coefficient (Wildman–Crippen LogP) is 1.03. The quantitative estimate of drug-likeness (QED) is 0.778. The van der Waals surface area contributed by atoms with Crippen molar-refractivity contribution in [1.82, 2.24) is 14.7 Å². The molecule has 1 heterocycles. The van der Waals surface area contributed by atoms with Gasteiger partial charge in [-0.05, 0) is 23.6 Å². The molecular formula is C8H13ClN4O2S. The SMILES string of the molecule is CC(C)CNS(=O)(=O)Nc1ccnc(Cl)n1. The molecule has 6 nitrogen and oxygen atoms in total. The molecule has 8 heteroatoms. The van der Waals surface area contributed by atoms with Gasteiger partial charge in [-0.2, -0.15) is 18.1 Å². The van der Waals surface area contributed by atoms with Crippen molar-refractivity contribution in [3.63, 3.8) is 0 Å². The van der Waals surface area contributed by atoms with E-state index in [1.165, 1.54) is 12.3 Å². The van der Waals surface area contributed by atoms with E-state index in [0.29, 0.717) is 6.54 Å². The molecule has 0 unspecified atom stereocenters. The fourth-order valence-electron chi connectivity index (χ4n) is 0.842. The van der Waals surface area contributed by atoms with E-state index in [-0.39, 0.29) is 17.0 Å². The number of rotatable bonds is 5. The zero-order chi connectivity index (χ0) is 12.2. The third kappa shape index (κ3) is 4.73. The molecule has 0 saturated heterocycles. The molecule has 1 rings (SSSR count). The highest BCUT2D eigenvalue weighted by molar-refractivity contribution is 7.90. The minimum absolute atomic E-state index is 0.0101. The third-order valence-corrected chi connectivity index (χ3v) is 2.75. The monoisotopic (exact) mass is 264 g/mol. The molecule has 1 aromatic heterocycles. The van der Waals surface area contributed by atoms with Gasteiger partial charge in [-0.3, -0.25) is 4.72 Å². The fourth-order valence-corrected chi connectivity index (χ4v) is 2.00. The minimum atomic E-state index is -3.60. The van der Waals surface area contributed by atoms with Crippen LogP contribution in [0.2, 0.25) is 5.28 Å². The Hall–Kier alpha value is -0.920. The first-order valence-corrected chi connectivity index (χ1v) is 6.51.